The van der Waals surface area contributed by atoms with Crippen molar-refractivity contribution in [2.75, 3.05) is 0 Å². The van der Waals surface area contributed by atoms with Crippen LogP contribution >= 0.6 is 0 Å². The van der Waals surface area contributed by atoms with Crippen LogP contribution in [0.3, 0.4) is 0 Å². The fourth-order valence-electron chi connectivity index (χ4n) is 4.59. The lowest BCUT2D eigenvalue weighted by Crippen LogP contribution is -2.40. The van der Waals surface area contributed by atoms with Crippen LogP contribution in [0, 0.1) is 11.8 Å². The molecule has 1 aliphatic heterocycles. The highest BCUT2D eigenvalue weighted by Gasteiger charge is 2.49. The predicted octanol–water partition coefficient (Wildman–Crippen LogP) is 4.61. The zero-order valence-corrected chi connectivity index (χ0v) is 14.3. The zero-order valence-electron chi connectivity index (χ0n) is 14.3. The summed E-state index contributed by atoms with van der Waals surface area (Å²) in [5.74, 6) is 0.130. The van der Waals surface area contributed by atoms with Gasteiger partial charge in [-0.2, -0.15) is 0 Å². The molecule has 1 heterocycles. The fourth-order valence-corrected chi connectivity index (χ4v) is 4.59. The third kappa shape index (κ3) is 3.87. The molecule has 1 saturated carbocycles. The van der Waals surface area contributed by atoms with Gasteiger partial charge >= 0.3 is 0 Å². The summed E-state index contributed by atoms with van der Waals surface area (Å²) in [6.45, 7) is 0. The first-order valence-electron chi connectivity index (χ1n) is 9.81. The molecular formula is C20H31NO2. The van der Waals surface area contributed by atoms with Crippen molar-refractivity contribution in [3.05, 3.63) is 12.2 Å². The van der Waals surface area contributed by atoms with E-state index in [2.05, 4.69) is 12.2 Å². The number of carbonyl (C=O) groups excluding carboxylic acids is 2. The number of rotatable bonds is 1. The van der Waals surface area contributed by atoms with E-state index in [0.29, 0.717) is 0 Å². The normalized spacial score (nSPS) is 31.6. The molecule has 3 nitrogen and oxygen atoms in total. The minimum absolute atomic E-state index is 0.0612. The number of imide groups is 1. The monoisotopic (exact) mass is 317 g/mol. The van der Waals surface area contributed by atoms with Crippen molar-refractivity contribution < 1.29 is 9.59 Å². The topological polar surface area (TPSA) is 37.4 Å². The molecule has 0 spiro atoms. The van der Waals surface area contributed by atoms with Crippen LogP contribution in [0.15, 0.2) is 12.2 Å². The average molecular weight is 317 g/mol. The van der Waals surface area contributed by atoms with Crippen LogP contribution in [0.1, 0.15) is 83.5 Å². The van der Waals surface area contributed by atoms with Gasteiger partial charge in [0.15, 0.2) is 0 Å². The molecule has 0 unspecified atom stereocenters. The Balaban J connectivity index is 1.66. The summed E-state index contributed by atoms with van der Waals surface area (Å²) in [6.07, 6.45) is 19.2. The summed E-state index contributed by atoms with van der Waals surface area (Å²) in [4.78, 5) is 27.3. The lowest BCUT2D eigenvalue weighted by Gasteiger charge is -2.27. The smallest absolute Gasteiger partial charge is 0.233 e. The Bertz CT molecular complexity index is 419. The Labute approximate surface area is 140 Å². The van der Waals surface area contributed by atoms with E-state index in [4.69, 9.17) is 0 Å². The second-order valence-electron chi connectivity index (χ2n) is 7.62. The van der Waals surface area contributed by atoms with Gasteiger partial charge in [0.05, 0.1) is 11.8 Å². The van der Waals surface area contributed by atoms with Crippen LogP contribution in [0.5, 0.6) is 0 Å². The van der Waals surface area contributed by atoms with Gasteiger partial charge in [-0.3, -0.25) is 14.5 Å². The van der Waals surface area contributed by atoms with E-state index in [1.165, 1.54) is 44.9 Å². The lowest BCUT2D eigenvalue weighted by molar-refractivity contribution is -0.143. The molecule has 3 heteroatoms. The summed E-state index contributed by atoms with van der Waals surface area (Å²) in [5, 5.41) is 0. The van der Waals surface area contributed by atoms with E-state index in [0.717, 1.165) is 38.5 Å². The molecule has 0 aromatic carbocycles. The van der Waals surface area contributed by atoms with Crippen molar-refractivity contribution in [3.8, 4) is 0 Å². The molecule has 23 heavy (non-hydrogen) atoms. The van der Waals surface area contributed by atoms with Gasteiger partial charge in [0.1, 0.15) is 0 Å². The number of likely N-dealkylation sites (tertiary alicyclic amines) is 1. The summed E-state index contributed by atoms with van der Waals surface area (Å²) in [6, 6.07) is 0.167. The van der Waals surface area contributed by atoms with Crippen molar-refractivity contribution in [2.24, 2.45) is 11.8 Å². The minimum atomic E-state index is -0.0612. The second kappa shape index (κ2) is 8.12. The SMILES string of the molecule is O=C1[C@@H]2CC=CC[C@H]2C(=O)N1C1CCCCCCCCCCC1. The molecule has 2 amide bonds. The van der Waals surface area contributed by atoms with E-state index >= 15 is 0 Å². The third-order valence-electron chi connectivity index (χ3n) is 5.98. The molecule has 2 atom stereocenters. The van der Waals surface area contributed by atoms with Crippen molar-refractivity contribution in [2.45, 2.75) is 89.5 Å². The molecule has 0 bridgehead atoms. The number of amides is 2. The van der Waals surface area contributed by atoms with Crippen molar-refractivity contribution >= 4 is 11.8 Å². The number of carbonyl (C=O) groups is 2. The van der Waals surface area contributed by atoms with Crippen LogP contribution in [-0.4, -0.2) is 22.8 Å². The van der Waals surface area contributed by atoms with E-state index in [1.807, 2.05) is 0 Å². The van der Waals surface area contributed by atoms with Gasteiger partial charge < -0.3 is 0 Å². The van der Waals surface area contributed by atoms with Crippen LogP contribution < -0.4 is 0 Å². The molecule has 0 aromatic heterocycles. The largest absolute Gasteiger partial charge is 0.279 e. The van der Waals surface area contributed by atoms with Crippen LogP contribution in [-0.2, 0) is 9.59 Å². The maximum atomic E-state index is 12.8. The van der Waals surface area contributed by atoms with Crippen LogP contribution in [0.4, 0.5) is 0 Å². The third-order valence-corrected chi connectivity index (χ3v) is 5.98. The standard InChI is InChI=1S/C20H31NO2/c22-19-17-14-10-11-15-18(17)20(23)21(19)16-12-8-6-4-2-1-3-5-7-9-13-16/h10-11,16-18H,1-9,12-15H2/t17-,18-/m1/s1. The van der Waals surface area contributed by atoms with Gasteiger partial charge in [0, 0.05) is 6.04 Å². The highest BCUT2D eigenvalue weighted by molar-refractivity contribution is 6.05. The van der Waals surface area contributed by atoms with Gasteiger partial charge in [0.25, 0.3) is 0 Å². The molecule has 1 saturated heterocycles. The second-order valence-corrected chi connectivity index (χ2v) is 7.62. The summed E-state index contributed by atoms with van der Waals surface area (Å²) in [7, 11) is 0. The van der Waals surface area contributed by atoms with Crippen LogP contribution in [0.25, 0.3) is 0 Å². The highest BCUT2D eigenvalue weighted by Crippen LogP contribution is 2.37. The average Bonchev–Trinajstić information content (AvgIpc) is 2.81. The van der Waals surface area contributed by atoms with E-state index in [1.54, 1.807) is 4.90 Å². The number of hydrogen-bond donors (Lipinski definition) is 0. The molecule has 3 rings (SSSR count). The molecule has 2 aliphatic carbocycles. The predicted molar refractivity (Wildman–Crippen MR) is 91.8 cm³/mol. The molecule has 2 fully saturated rings. The van der Waals surface area contributed by atoms with E-state index in [9.17, 15) is 9.59 Å². The Morgan fingerprint density at radius 2 is 1.04 bits per heavy atom. The van der Waals surface area contributed by atoms with E-state index < -0.39 is 0 Å². The maximum Gasteiger partial charge on any atom is 0.233 e. The van der Waals surface area contributed by atoms with Crippen molar-refractivity contribution in [1.29, 1.82) is 0 Å². The fraction of sp³-hybridized carbons (Fsp3) is 0.800. The summed E-state index contributed by atoms with van der Waals surface area (Å²) >= 11 is 0. The first-order valence-corrected chi connectivity index (χ1v) is 9.81. The van der Waals surface area contributed by atoms with Gasteiger partial charge in [-0.25, -0.2) is 0 Å². The number of nitrogens with zero attached hydrogens (tertiary/aromatic N) is 1. The van der Waals surface area contributed by atoms with Crippen molar-refractivity contribution in [1.82, 2.24) is 4.90 Å². The summed E-state index contributed by atoms with van der Waals surface area (Å²) in [5.41, 5.74) is 0. The van der Waals surface area contributed by atoms with E-state index in [-0.39, 0.29) is 29.7 Å². The summed E-state index contributed by atoms with van der Waals surface area (Å²) < 4.78 is 0. The Hall–Kier alpha value is -1.12. The number of allylic oxidation sites excluding steroid dienone is 2. The van der Waals surface area contributed by atoms with Gasteiger partial charge in [-0.05, 0) is 25.7 Å². The Kier molecular flexibility index (Phi) is 5.91. The first-order chi connectivity index (χ1) is 11.3. The number of fused-ring (bicyclic) bond motifs is 1. The molecule has 3 aliphatic rings. The van der Waals surface area contributed by atoms with Gasteiger partial charge in [-0.15, -0.1) is 0 Å². The Morgan fingerprint density at radius 3 is 1.48 bits per heavy atom. The zero-order chi connectivity index (χ0) is 16.1. The molecular weight excluding hydrogens is 286 g/mol. The maximum absolute atomic E-state index is 12.8. The lowest BCUT2D eigenvalue weighted by atomic mass is 9.85. The highest BCUT2D eigenvalue weighted by atomic mass is 16.2. The minimum Gasteiger partial charge on any atom is -0.279 e. The molecule has 0 aromatic rings. The van der Waals surface area contributed by atoms with Gasteiger partial charge in [0.2, 0.25) is 11.8 Å². The molecule has 0 radical (unpaired) electrons. The van der Waals surface area contributed by atoms with Crippen molar-refractivity contribution in [3.63, 3.8) is 0 Å². The first kappa shape index (κ1) is 16.7. The quantitative estimate of drug-likeness (QED) is 0.523. The van der Waals surface area contributed by atoms with Crippen LogP contribution in [0.2, 0.25) is 0 Å². The molecule has 128 valence electrons. The number of hydrogen-bond acceptors (Lipinski definition) is 2. The molecule has 0 N–H and O–H groups in total. The van der Waals surface area contributed by atoms with Gasteiger partial charge in [-0.1, -0.05) is 69.9 Å². The Morgan fingerprint density at radius 1 is 0.652 bits per heavy atom.